The maximum Gasteiger partial charge on any atom is 0.311 e. The fourth-order valence-corrected chi connectivity index (χ4v) is 3.66. The second-order valence-electron chi connectivity index (χ2n) is 7.82. The predicted molar refractivity (Wildman–Crippen MR) is 99.1 cm³/mol. The van der Waals surface area contributed by atoms with E-state index >= 15 is 0 Å². The summed E-state index contributed by atoms with van der Waals surface area (Å²) in [5, 5.41) is 0. The van der Waals surface area contributed by atoms with Gasteiger partial charge in [0.1, 0.15) is 0 Å². The Morgan fingerprint density at radius 2 is 2.12 bits per heavy atom. The minimum absolute atomic E-state index is 0.0439. The van der Waals surface area contributed by atoms with Gasteiger partial charge in [-0.2, -0.15) is 0 Å². The first kappa shape index (κ1) is 18.6. The third-order valence-electron chi connectivity index (χ3n) is 5.29. The molecule has 24 heavy (non-hydrogen) atoms. The van der Waals surface area contributed by atoms with Crippen molar-refractivity contribution in [2.45, 2.75) is 60.0 Å². The van der Waals surface area contributed by atoms with Crippen LogP contribution in [0.4, 0.5) is 0 Å². The second-order valence-corrected chi connectivity index (χ2v) is 7.82. The molecule has 0 spiro atoms. The molecule has 2 heteroatoms. The van der Waals surface area contributed by atoms with Crippen LogP contribution in [0.2, 0.25) is 0 Å². The van der Waals surface area contributed by atoms with E-state index in [0.29, 0.717) is 5.92 Å². The highest BCUT2D eigenvalue weighted by Crippen LogP contribution is 2.60. The molecule has 1 fully saturated rings. The van der Waals surface area contributed by atoms with Crippen LogP contribution in [0.3, 0.4) is 0 Å². The zero-order valence-corrected chi connectivity index (χ0v) is 15.6. The fraction of sp³-hybridized carbons (Fsp3) is 0.591. The molecule has 0 aromatic rings. The van der Waals surface area contributed by atoms with Crippen molar-refractivity contribution >= 4 is 5.97 Å². The summed E-state index contributed by atoms with van der Waals surface area (Å²) in [5.41, 5.74) is 2.23. The van der Waals surface area contributed by atoms with Gasteiger partial charge in [-0.1, -0.05) is 56.6 Å². The molecule has 4 atom stereocenters. The molecule has 0 aromatic carbocycles. The van der Waals surface area contributed by atoms with Gasteiger partial charge in [-0.15, -0.1) is 6.42 Å². The fourth-order valence-electron chi connectivity index (χ4n) is 3.66. The highest BCUT2D eigenvalue weighted by atomic mass is 16.5. The molecule has 0 radical (unpaired) electrons. The lowest BCUT2D eigenvalue weighted by Gasteiger charge is -2.17. The van der Waals surface area contributed by atoms with E-state index in [-0.39, 0.29) is 23.2 Å². The molecule has 2 aliphatic carbocycles. The van der Waals surface area contributed by atoms with Crippen molar-refractivity contribution in [3.05, 3.63) is 35.5 Å². The quantitative estimate of drug-likeness (QED) is 0.387. The Kier molecular flexibility index (Phi) is 5.75. The molecule has 2 nitrogen and oxygen atoms in total. The van der Waals surface area contributed by atoms with E-state index in [2.05, 4.69) is 64.8 Å². The van der Waals surface area contributed by atoms with Crippen LogP contribution in [0.1, 0.15) is 53.9 Å². The molecule has 0 N–H and O–H groups in total. The highest BCUT2D eigenvalue weighted by molar-refractivity contribution is 5.79. The summed E-state index contributed by atoms with van der Waals surface area (Å²) in [6.07, 6.45) is 16.9. The van der Waals surface area contributed by atoms with Crippen molar-refractivity contribution in [2.24, 2.45) is 23.2 Å². The van der Waals surface area contributed by atoms with Gasteiger partial charge in [0.25, 0.3) is 0 Å². The van der Waals surface area contributed by atoms with Gasteiger partial charge in [-0.25, -0.2) is 0 Å². The van der Waals surface area contributed by atoms with Gasteiger partial charge in [0, 0.05) is 0 Å². The molecular weight excluding hydrogens is 296 g/mol. The van der Waals surface area contributed by atoms with Crippen LogP contribution in [0.5, 0.6) is 0 Å². The van der Waals surface area contributed by atoms with Crippen LogP contribution >= 0.6 is 0 Å². The highest BCUT2D eigenvalue weighted by Gasteiger charge is 2.61. The normalized spacial score (nSPS) is 28.8. The molecule has 2 rings (SSSR count). The molecule has 1 saturated carbocycles. The van der Waals surface area contributed by atoms with E-state index in [4.69, 9.17) is 11.2 Å². The van der Waals surface area contributed by atoms with Crippen LogP contribution in [0.15, 0.2) is 35.5 Å². The summed E-state index contributed by atoms with van der Waals surface area (Å²) in [4.78, 5) is 12.7. The van der Waals surface area contributed by atoms with Crippen molar-refractivity contribution in [1.82, 2.24) is 0 Å². The van der Waals surface area contributed by atoms with E-state index in [0.717, 1.165) is 24.8 Å². The minimum atomic E-state index is -0.541. The average Bonchev–Trinajstić information content (AvgIpc) is 2.89. The molecule has 0 amide bonds. The van der Waals surface area contributed by atoms with Gasteiger partial charge in [0.05, 0.1) is 5.92 Å². The topological polar surface area (TPSA) is 26.3 Å². The summed E-state index contributed by atoms with van der Waals surface area (Å²) >= 11 is 0. The van der Waals surface area contributed by atoms with Crippen LogP contribution in [0, 0.1) is 35.5 Å². The molecule has 0 heterocycles. The van der Waals surface area contributed by atoms with Crippen LogP contribution in [0.25, 0.3) is 0 Å². The number of esters is 1. The van der Waals surface area contributed by atoms with E-state index < -0.39 is 6.10 Å². The Balaban J connectivity index is 2.07. The van der Waals surface area contributed by atoms with Gasteiger partial charge >= 0.3 is 5.97 Å². The molecular formula is C22H30O2. The standard InChI is InChI=1S/C22H30O2/c1-7-17(14-16-11-9-10-12-16)19(8-2)24-21(23)20-18(13-15(3)4)22(20,5)6/h2,9,11,13-14,16,18-20H,7,10,12H2,1,3-6H3. The van der Waals surface area contributed by atoms with Crippen molar-refractivity contribution < 1.29 is 9.53 Å². The minimum Gasteiger partial charge on any atom is -0.444 e. The van der Waals surface area contributed by atoms with E-state index in [1.165, 1.54) is 5.57 Å². The molecule has 0 saturated heterocycles. The third kappa shape index (κ3) is 4.01. The van der Waals surface area contributed by atoms with Gasteiger partial charge < -0.3 is 4.74 Å². The van der Waals surface area contributed by atoms with E-state index in [9.17, 15) is 4.79 Å². The van der Waals surface area contributed by atoms with E-state index in [1.54, 1.807) is 0 Å². The van der Waals surface area contributed by atoms with Crippen LogP contribution in [-0.2, 0) is 9.53 Å². The summed E-state index contributed by atoms with van der Waals surface area (Å²) in [5.74, 6) is 3.09. The Bertz CT molecular complexity index is 608. The number of carbonyl (C=O) groups excluding carboxylic acids is 1. The number of terminal acetylenes is 1. The molecule has 130 valence electrons. The second kappa shape index (κ2) is 7.43. The van der Waals surface area contributed by atoms with Gasteiger partial charge in [-0.05, 0) is 55.9 Å². The molecule has 4 unspecified atom stereocenters. The van der Waals surface area contributed by atoms with Crippen molar-refractivity contribution in [3.63, 3.8) is 0 Å². The summed E-state index contributed by atoms with van der Waals surface area (Å²) in [6.45, 7) is 10.4. The van der Waals surface area contributed by atoms with Gasteiger partial charge in [0.2, 0.25) is 0 Å². The first-order valence-corrected chi connectivity index (χ1v) is 9.00. The van der Waals surface area contributed by atoms with Gasteiger partial charge in [0.15, 0.2) is 6.10 Å². The van der Waals surface area contributed by atoms with Crippen molar-refractivity contribution in [3.8, 4) is 12.3 Å². The number of carbonyl (C=O) groups is 1. The lowest BCUT2D eigenvalue weighted by Crippen LogP contribution is -2.22. The van der Waals surface area contributed by atoms with Crippen LogP contribution in [-0.4, -0.2) is 12.1 Å². The Morgan fingerprint density at radius 3 is 2.62 bits per heavy atom. The molecule has 0 aromatic heterocycles. The third-order valence-corrected chi connectivity index (χ3v) is 5.29. The zero-order chi connectivity index (χ0) is 17.9. The summed E-state index contributed by atoms with van der Waals surface area (Å²) in [6, 6.07) is 0. The maximum atomic E-state index is 12.7. The summed E-state index contributed by atoms with van der Waals surface area (Å²) in [7, 11) is 0. The molecule has 0 bridgehead atoms. The lowest BCUT2D eigenvalue weighted by atomic mass is 9.99. The first-order valence-electron chi connectivity index (χ1n) is 9.00. The SMILES string of the molecule is C#CC(OC(=O)C1C(C=C(C)C)C1(C)C)C(=CC1C=CCC1)CC. The average molecular weight is 326 g/mol. The molecule has 2 aliphatic rings. The number of allylic oxidation sites excluding steroid dienone is 5. The van der Waals surface area contributed by atoms with Crippen LogP contribution < -0.4 is 0 Å². The van der Waals surface area contributed by atoms with Gasteiger partial charge in [-0.3, -0.25) is 4.79 Å². The zero-order valence-electron chi connectivity index (χ0n) is 15.6. The largest absolute Gasteiger partial charge is 0.444 e. The van der Waals surface area contributed by atoms with Crippen molar-refractivity contribution in [2.75, 3.05) is 0 Å². The summed E-state index contributed by atoms with van der Waals surface area (Å²) < 4.78 is 5.74. The molecule has 0 aliphatic heterocycles. The number of ether oxygens (including phenoxy) is 1. The smallest absolute Gasteiger partial charge is 0.311 e. The predicted octanol–water partition coefficient (Wildman–Crippen LogP) is 5.07. The Hall–Kier alpha value is -1.75. The monoisotopic (exact) mass is 326 g/mol. The Morgan fingerprint density at radius 1 is 1.42 bits per heavy atom. The lowest BCUT2D eigenvalue weighted by molar-refractivity contribution is -0.147. The van der Waals surface area contributed by atoms with Crippen molar-refractivity contribution in [1.29, 1.82) is 0 Å². The first-order chi connectivity index (χ1) is 11.3. The number of rotatable bonds is 6. The number of hydrogen-bond donors (Lipinski definition) is 0. The maximum absolute atomic E-state index is 12.7. The number of hydrogen-bond acceptors (Lipinski definition) is 2. The Labute approximate surface area is 147 Å². The van der Waals surface area contributed by atoms with E-state index in [1.807, 2.05) is 0 Å².